The molecule has 0 aliphatic rings. The van der Waals surface area contributed by atoms with Gasteiger partial charge in [-0.2, -0.15) is 9.57 Å². The summed E-state index contributed by atoms with van der Waals surface area (Å²) in [5, 5.41) is 8.87. The van der Waals surface area contributed by atoms with Crippen LogP contribution in [0.5, 0.6) is 5.75 Å². The van der Waals surface area contributed by atoms with Crippen molar-refractivity contribution < 1.29 is 17.9 Å². The second-order valence-corrected chi connectivity index (χ2v) is 8.81. The number of esters is 1. The molecule has 0 heterocycles. The number of ether oxygens (including phenoxy) is 1. The van der Waals surface area contributed by atoms with Gasteiger partial charge in [-0.15, -0.1) is 0 Å². The number of benzene rings is 3. The second kappa shape index (κ2) is 8.91. The maximum Gasteiger partial charge on any atom is 0.326 e. The molecule has 0 bridgehead atoms. The molecule has 0 aliphatic heterocycles. The molecule has 3 rings (SSSR count). The number of nitriles is 1. The molecule has 0 atom stereocenters. The zero-order valence-corrected chi connectivity index (χ0v) is 17.4. The van der Waals surface area contributed by atoms with Crippen molar-refractivity contribution in [3.63, 3.8) is 0 Å². The van der Waals surface area contributed by atoms with Gasteiger partial charge in [0.15, 0.2) is 0 Å². The number of hydrogen-bond donors (Lipinski definition) is 0. The largest absolute Gasteiger partial charge is 0.426 e. The molecule has 0 saturated heterocycles. The Morgan fingerprint density at radius 1 is 0.933 bits per heavy atom. The summed E-state index contributed by atoms with van der Waals surface area (Å²) in [6.07, 6.45) is 0. The lowest BCUT2D eigenvalue weighted by Crippen LogP contribution is -2.34. The summed E-state index contributed by atoms with van der Waals surface area (Å²) in [5.41, 5.74) is 3.35. The van der Waals surface area contributed by atoms with Gasteiger partial charge in [-0.05, 0) is 54.4 Å². The minimum Gasteiger partial charge on any atom is -0.426 e. The van der Waals surface area contributed by atoms with E-state index in [1.165, 1.54) is 19.2 Å². The Balaban J connectivity index is 1.64. The van der Waals surface area contributed by atoms with Gasteiger partial charge in [-0.25, -0.2) is 8.42 Å². The summed E-state index contributed by atoms with van der Waals surface area (Å²) < 4.78 is 31.4. The average molecular weight is 420 g/mol. The van der Waals surface area contributed by atoms with Crippen molar-refractivity contribution in [2.24, 2.45) is 0 Å². The zero-order valence-electron chi connectivity index (χ0n) is 16.6. The van der Waals surface area contributed by atoms with E-state index >= 15 is 0 Å². The summed E-state index contributed by atoms with van der Waals surface area (Å²) in [4.78, 5) is 12.3. The van der Waals surface area contributed by atoms with Crippen LogP contribution in [-0.2, 0) is 14.8 Å². The van der Waals surface area contributed by atoms with Gasteiger partial charge < -0.3 is 4.74 Å². The lowest BCUT2D eigenvalue weighted by atomic mass is 10.0. The van der Waals surface area contributed by atoms with Crippen molar-refractivity contribution in [2.75, 3.05) is 13.6 Å². The normalized spacial score (nSPS) is 11.1. The van der Waals surface area contributed by atoms with E-state index in [0.717, 1.165) is 21.0 Å². The third kappa shape index (κ3) is 4.92. The van der Waals surface area contributed by atoms with Gasteiger partial charge in [0.05, 0.1) is 16.5 Å². The van der Waals surface area contributed by atoms with Gasteiger partial charge >= 0.3 is 5.97 Å². The highest BCUT2D eigenvalue weighted by Gasteiger charge is 2.23. The molecule has 152 valence electrons. The highest BCUT2D eigenvalue weighted by Crippen LogP contribution is 2.23. The molecular weight excluding hydrogens is 400 g/mol. The van der Waals surface area contributed by atoms with Crippen LogP contribution in [0.1, 0.15) is 11.1 Å². The van der Waals surface area contributed by atoms with Crippen LogP contribution in [0.4, 0.5) is 0 Å². The molecule has 0 fully saturated rings. The molecule has 30 heavy (non-hydrogen) atoms. The number of carbonyl (C=O) groups is 1. The predicted octanol–water partition coefficient (Wildman–Crippen LogP) is 3.76. The average Bonchev–Trinajstić information content (AvgIpc) is 2.74. The molecule has 0 unspecified atom stereocenters. The van der Waals surface area contributed by atoms with E-state index in [1.807, 2.05) is 19.1 Å². The maximum absolute atomic E-state index is 12.6. The molecule has 0 saturated carbocycles. The Hall–Kier alpha value is -3.47. The molecular formula is C23H20N2O4S. The quantitative estimate of drug-likeness (QED) is 0.448. The minimum absolute atomic E-state index is 0.121. The molecule has 0 amide bonds. The molecule has 0 spiro atoms. The SMILES string of the molecule is Cc1ccc(S(=O)(=O)N(C)CC(=O)Oc2ccc(-c3ccc(C#N)cc3)cc2)cc1. The van der Waals surface area contributed by atoms with Crippen molar-refractivity contribution in [3.8, 4) is 22.9 Å². The number of likely N-dealkylation sites (N-methyl/N-ethyl adjacent to an activating group) is 1. The van der Waals surface area contributed by atoms with Crippen molar-refractivity contribution in [1.29, 1.82) is 5.26 Å². The number of aryl methyl sites for hydroxylation is 1. The minimum atomic E-state index is -3.78. The molecule has 0 aliphatic carbocycles. The van der Waals surface area contributed by atoms with Gasteiger partial charge in [0.1, 0.15) is 12.3 Å². The molecule has 3 aromatic rings. The highest BCUT2D eigenvalue weighted by atomic mass is 32.2. The van der Waals surface area contributed by atoms with Crippen molar-refractivity contribution >= 4 is 16.0 Å². The fourth-order valence-electron chi connectivity index (χ4n) is 2.77. The van der Waals surface area contributed by atoms with Gasteiger partial charge in [-0.1, -0.05) is 42.0 Å². The summed E-state index contributed by atoms with van der Waals surface area (Å²) >= 11 is 0. The lowest BCUT2D eigenvalue weighted by Gasteiger charge is -2.16. The Bertz CT molecular complexity index is 1180. The highest BCUT2D eigenvalue weighted by molar-refractivity contribution is 7.89. The van der Waals surface area contributed by atoms with Crippen molar-refractivity contribution in [3.05, 3.63) is 83.9 Å². The molecule has 0 N–H and O–H groups in total. The van der Waals surface area contributed by atoms with E-state index in [1.54, 1.807) is 48.5 Å². The third-order valence-corrected chi connectivity index (χ3v) is 6.33. The van der Waals surface area contributed by atoms with E-state index in [9.17, 15) is 13.2 Å². The predicted molar refractivity (Wildman–Crippen MR) is 113 cm³/mol. The first-order chi connectivity index (χ1) is 14.3. The van der Waals surface area contributed by atoms with Crippen LogP contribution in [0.15, 0.2) is 77.7 Å². The zero-order chi connectivity index (χ0) is 21.7. The van der Waals surface area contributed by atoms with E-state index in [0.29, 0.717) is 11.3 Å². The van der Waals surface area contributed by atoms with Gasteiger partial charge in [-0.3, -0.25) is 4.79 Å². The van der Waals surface area contributed by atoms with E-state index < -0.39 is 22.5 Å². The lowest BCUT2D eigenvalue weighted by molar-refractivity contribution is -0.134. The number of carbonyl (C=O) groups excluding carboxylic acids is 1. The van der Waals surface area contributed by atoms with E-state index in [4.69, 9.17) is 10.00 Å². The van der Waals surface area contributed by atoms with Crippen LogP contribution < -0.4 is 4.74 Å². The Kier molecular flexibility index (Phi) is 6.31. The first kappa shape index (κ1) is 21.2. The number of nitrogens with zero attached hydrogens (tertiary/aromatic N) is 2. The van der Waals surface area contributed by atoms with Gasteiger partial charge in [0.2, 0.25) is 10.0 Å². The monoisotopic (exact) mass is 420 g/mol. The summed E-state index contributed by atoms with van der Waals surface area (Å²) in [7, 11) is -2.44. The molecule has 0 aromatic heterocycles. The molecule has 7 heteroatoms. The maximum atomic E-state index is 12.6. The Labute approximate surface area is 176 Å². The second-order valence-electron chi connectivity index (χ2n) is 6.76. The van der Waals surface area contributed by atoms with Crippen molar-refractivity contribution in [1.82, 2.24) is 4.31 Å². The van der Waals surface area contributed by atoms with E-state index in [-0.39, 0.29) is 4.90 Å². The van der Waals surface area contributed by atoms with Crippen LogP contribution in [0.3, 0.4) is 0 Å². The molecule has 3 aromatic carbocycles. The van der Waals surface area contributed by atoms with E-state index in [2.05, 4.69) is 6.07 Å². The van der Waals surface area contributed by atoms with Crippen molar-refractivity contribution in [2.45, 2.75) is 11.8 Å². The number of sulfonamides is 1. The van der Waals surface area contributed by atoms with Crippen LogP contribution in [0.2, 0.25) is 0 Å². The van der Waals surface area contributed by atoms with Gasteiger partial charge in [0, 0.05) is 7.05 Å². The van der Waals surface area contributed by atoms with Crippen LogP contribution in [0, 0.1) is 18.3 Å². The summed E-state index contributed by atoms with van der Waals surface area (Å²) in [6.45, 7) is 1.46. The summed E-state index contributed by atoms with van der Waals surface area (Å²) in [6, 6.07) is 22.5. The van der Waals surface area contributed by atoms with Crippen LogP contribution >= 0.6 is 0 Å². The fourth-order valence-corrected chi connectivity index (χ4v) is 3.89. The number of rotatable bonds is 6. The third-order valence-electron chi connectivity index (χ3n) is 4.51. The Morgan fingerprint density at radius 2 is 1.47 bits per heavy atom. The summed E-state index contributed by atoms with van der Waals surface area (Å²) in [5.74, 6) is -0.363. The topological polar surface area (TPSA) is 87.5 Å². The van der Waals surface area contributed by atoms with Gasteiger partial charge in [0.25, 0.3) is 0 Å². The fraction of sp³-hybridized carbons (Fsp3) is 0.130. The first-order valence-electron chi connectivity index (χ1n) is 9.14. The smallest absolute Gasteiger partial charge is 0.326 e. The van der Waals surface area contributed by atoms with Crippen LogP contribution in [-0.4, -0.2) is 32.3 Å². The number of hydrogen-bond acceptors (Lipinski definition) is 5. The standard InChI is InChI=1S/C23H20N2O4S/c1-17-3-13-22(14-4-17)30(27,28)25(2)16-23(26)29-21-11-9-20(10-12-21)19-7-5-18(15-24)6-8-19/h3-14H,16H2,1-2H3. The Morgan fingerprint density at radius 3 is 2.00 bits per heavy atom. The first-order valence-corrected chi connectivity index (χ1v) is 10.6. The molecule has 0 radical (unpaired) electrons. The molecule has 6 nitrogen and oxygen atoms in total. The van der Waals surface area contributed by atoms with Crippen LogP contribution in [0.25, 0.3) is 11.1 Å².